The Bertz CT molecular complexity index is 1470. The van der Waals surface area contributed by atoms with E-state index in [0.717, 1.165) is 24.0 Å². The number of nitrogen functional groups attached to an aromatic ring is 1. The van der Waals surface area contributed by atoms with Gasteiger partial charge in [-0.05, 0) is 48.4 Å². The largest absolute Gasteiger partial charge is 0.392 e. The molecule has 6 rings (SSSR count). The molecule has 1 amide bonds. The molecule has 1 saturated carbocycles. The first-order valence-electron chi connectivity index (χ1n) is 11.7. The van der Waals surface area contributed by atoms with Crippen LogP contribution in [0, 0.1) is 5.82 Å². The number of nitrogens with two attached hydrogens (primary N) is 1. The van der Waals surface area contributed by atoms with Crippen molar-refractivity contribution in [3.05, 3.63) is 70.8 Å². The molecule has 0 saturated heterocycles. The highest BCUT2D eigenvalue weighted by molar-refractivity contribution is 6.09. The van der Waals surface area contributed by atoms with Crippen molar-refractivity contribution in [1.29, 1.82) is 0 Å². The van der Waals surface area contributed by atoms with Gasteiger partial charge in [0.15, 0.2) is 5.82 Å². The minimum Gasteiger partial charge on any atom is -0.392 e. The fourth-order valence-electron chi connectivity index (χ4n) is 4.69. The second-order valence-electron chi connectivity index (χ2n) is 8.93. The van der Waals surface area contributed by atoms with Crippen LogP contribution in [0.5, 0.6) is 0 Å². The molecule has 3 heterocycles. The van der Waals surface area contributed by atoms with Gasteiger partial charge in [-0.15, -0.1) is 0 Å². The average molecular weight is 487 g/mol. The maximum absolute atomic E-state index is 15.1. The van der Waals surface area contributed by atoms with E-state index >= 15 is 4.39 Å². The molecule has 0 bridgehead atoms. The number of anilines is 4. The number of aromatic amines is 1. The van der Waals surface area contributed by atoms with Crippen molar-refractivity contribution < 1.29 is 14.3 Å². The number of halogens is 1. The zero-order chi connectivity index (χ0) is 24.8. The third-order valence-corrected chi connectivity index (χ3v) is 6.55. The molecule has 1 aliphatic carbocycles. The van der Waals surface area contributed by atoms with Gasteiger partial charge < -0.3 is 21.1 Å². The summed E-state index contributed by atoms with van der Waals surface area (Å²) in [5.41, 5.74) is 9.76. The first kappa shape index (κ1) is 22.1. The van der Waals surface area contributed by atoms with Gasteiger partial charge >= 0.3 is 0 Å². The second kappa shape index (κ2) is 8.68. The SMILES string of the molecule is Nc1nc(Nc2cn[nH]c2)nc(-c2cccc(N3CCc4cc(C5CC5)cc(F)c4C3=O)c2CO)n1. The number of H-pyrrole nitrogens is 1. The minimum atomic E-state index is -0.494. The van der Waals surface area contributed by atoms with Crippen molar-refractivity contribution in [2.24, 2.45) is 0 Å². The van der Waals surface area contributed by atoms with E-state index in [2.05, 4.69) is 30.5 Å². The van der Waals surface area contributed by atoms with Crippen LogP contribution in [0.3, 0.4) is 0 Å². The lowest BCUT2D eigenvalue weighted by Gasteiger charge is -2.31. The molecular formula is C25H23FN8O2. The van der Waals surface area contributed by atoms with Crippen molar-refractivity contribution in [3.63, 3.8) is 0 Å². The normalized spacial score (nSPS) is 15.2. The van der Waals surface area contributed by atoms with Crippen LogP contribution in [0.15, 0.2) is 42.7 Å². The lowest BCUT2D eigenvalue weighted by Crippen LogP contribution is -2.39. The van der Waals surface area contributed by atoms with Gasteiger partial charge in [0.2, 0.25) is 11.9 Å². The Labute approximate surface area is 205 Å². The Hall–Kier alpha value is -4.38. The zero-order valence-electron chi connectivity index (χ0n) is 19.2. The number of hydrogen-bond acceptors (Lipinski definition) is 8. The number of rotatable bonds is 6. The molecule has 5 N–H and O–H groups in total. The summed E-state index contributed by atoms with van der Waals surface area (Å²) >= 11 is 0. The first-order valence-corrected chi connectivity index (χ1v) is 11.7. The maximum Gasteiger partial charge on any atom is 0.261 e. The average Bonchev–Trinajstić information content (AvgIpc) is 3.60. The van der Waals surface area contributed by atoms with Gasteiger partial charge in [0.05, 0.1) is 29.7 Å². The highest BCUT2D eigenvalue weighted by atomic mass is 19.1. The molecule has 0 radical (unpaired) electrons. The van der Waals surface area contributed by atoms with E-state index in [-0.39, 0.29) is 29.9 Å². The van der Waals surface area contributed by atoms with E-state index in [0.29, 0.717) is 41.4 Å². The standard InChI is InChI=1S/C25H23FN8O2/c26-19-9-15(13-4-5-13)8-14-6-7-34(23(36)21(14)19)20-3-1-2-17(18(20)12-35)22-31-24(27)33-25(32-22)30-16-10-28-29-11-16/h1-3,8-11,13,35H,4-7,12H2,(H,28,29)(H3,27,30,31,32,33). The summed E-state index contributed by atoms with van der Waals surface area (Å²) in [5, 5.41) is 19.9. The quantitative estimate of drug-likeness (QED) is 0.325. The molecule has 182 valence electrons. The number of carbonyl (C=O) groups is 1. The molecule has 0 spiro atoms. The fourth-order valence-corrected chi connectivity index (χ4v) is 4.69. The highest BCUT2D eigenvalue weighted by Crippen LogP contribution is 2.42. The molecule has 4 aromatic rings. The molecule has 1 fully saturated rings. The number of aromatic nitrogens is 5. The topological polar surface area (TPSA) is 146 Å². The molecule has 2 aromatic carbocycles. The van der Waals surface area contributed by atoms with Gasteiger partial charge in [0, 0.05) is 23.9 Å². The molecule has 2 aromatic heterocycles. The molecular weight excluding hydrogens is 463 g/mol. The number of aliphatic hydroxyl groups is 1. The predicted octanol–water partition coefficient (Wildman–Crippen LogP) is 3.30. The smallest absolute Gasteiger partial charge is 0.261 e. The molecule has 0 atom stereocenters. The van der Waals surface area contributed by atoms with Crippen LogP contribution in [-0.2, 0) is 13.0 Å². The van der Waals surface area contributed by atoms with Gasteiger partial charge in [0.25, 0.3) is 5.91 Å². The summed E-state index contributed by atoms with van der Waals surface area (Å²) in [7, 11) is 0. The minimum absolute atomic E-state index is 0.0168. The van der Waals surface area contributed by atoms with Gasteiger partial charge in [-0.1, -0.05) is 18.2 Å². The zero-order valence-corrected chi connectivity index (χ0v) is 19.2. The number of benzene rings is 2. The lowest BCUT2D eigenvalue weighted by atomic mass is 9.93. The number of aliphatic hydroxyl groups excluding tert-OH is 1. The molecule has 2 aliphatic rings. The van der Waals surface area contributed by atoms with E-state index < -0.39 is 11.7 Å². The van der Waals surface area contributed by atoms with Crippen molar-refractivity contribution in [2.75, 3.05) is 22.5 Å². The summed E-state index contributed by atoms with van der Waals surface area (Å²) in [5.74, 6) is -0.117. The molecule has 10 nitrogen and oxygen atoms in total. The fraction of sp³-hybridized carbons (Fsp3) is 0.240. The molecule has 11 heteroatoms. The molecule has 0 unspecified atom stereocenters. The van der Waals surface area contributed by atoms with Gasteiger partial charge in [-0.2, -0.15) is 20.1 Å². The Morgan fingerprint density at radius 2 is 2.08 bits per heavy atom. The van der Waals surface area contributed by atoms with Gasteiger partial charge in [0.1, 0.15) is 5.82 Å². The monoisotopic (exact) mass is 486 g/mol. The maximum atomic E-state index is 15.1. The van der Waals surface area contributed by atoms with Crippen molar-refractivity contribution in [2.45, 2.75) is 31.8 Å². The number of nitrogens with zero attached hydrogens (tertiary/aromatic N) is 5. The Morgan fingerprint density at radius 3 is 2.83 bits per heavy atom. The van der Waals surface area contributed by atoms with Crippen molar-refractivity contribution in [3.8, 4) is 11.4 Å². The molecule has 36 heavy (non-hydrogen) atoms. The van der Waals surface area contributed by atoms with E-state index in [1.807, 2.05) is 6.07 Å². The van der Waals surface area contributed by atoms with Crippen LogP contribution >= 0.6 is 0 Å². The van der Waals surface area contributed by atoms with Gasteiger partial charge in [-0.25, -0.2) is 4.39 Å². The van der Waals surface area contributed by atoms with E-state index in [9.17, 15) is 9.90 Å². The van der Waals surface area contributed by atoms with Crippen LogP contribution in [0.1, 0.15) is 45.8 Å². The second-order valence-corrected chi connectivity index (χ2v) is 8.93. The van der Waals surface area contributed by atoms with Gasteiger partial charge in [-0.3, -0.25) is 9.89 Å². The van der Waals surface area contributed by atoms with E-state index in [1.165, 1.54) is 11.0 Å². The molecule has 1 aliphatic heterocycles. The Kier molecular flexibility index (Phi) is 5.33. The number of carbonyl (C=O) groups excluding carboxylic acids is 1. The number of amides is 1. The summed E-state index contributed by atoms with van der Waals surface area (Å²) in [6, 6.07) is 8.66. The number of fused-ring (bicyclic) bond motifs is 1. The third-order valence-electron chi connectivity index (χ3n) is 6.55. The lowest BCUT2D eigenvalue weighted by molar-refractivity contribution is 0.0976. The Balaban J connectivity index is 1.38. The third kappa shape index (κ3) is 3.93. The number of hydrogen-bond donors (Lipinski definition) is 4. The van der Waals surface area contributed by atoms with Crippen LogP contribution < -0.4 is 16.0 Å². The summed E-state index contributed by atoms with van der Waals surface area (Å²) in [6.45, 7) is -0.0240. The number of nitrogens with one attached hydrogen (secondary N) is 2. The summed E-state index contributed by atoms with van der Waals surface area (Å²) in [4.78, 5) is 27.8. The summed E-state index contributed by atoms with van der Waals surface area (Å²) < 4.78 is 15.1. The first-order chi connectivity index (χ1) is 17.5. The predicted molar refractivity (Wildman–Crippen MR) is 131 cm³/mol. The van der Waals surface area contributed by atoms with E-state index in [1.54, 1.807) is 30.6 Å². The van der Waals surface area contributed by atoms with Crippen LogP contribution in [-0.4, -0.2) is 42.7 Å². The van der Waals surface area contributed by atoms with Crippen molar-refractivity contribution in [1.82, 2.24) is 25.1 Å². The summed E-state index contributed by atoms with van der Waals surface area (Å²) in [6.07, 6.45) is 5.83. The van der Waals surface area contributed by atoms with Crippen LogP contribution in [0.4, 0.5) is 27.7 Å². The van der Waals surface area contributed by atoms with Crippen molar-refractivity contribution >= 4 is 29.2 Å². The van der Waals surface area contributed by atoms with Crippen LogP contribution in [0.2, 0.25) is 0 Å². The highest BCUT2D eigenvalue weighted by Gasteiger charge is 2.33. The van der Waals surface area contributed by atoms with Crippen LogP contribution in [0.25, 0.3) is 11.4 Å². The van der Waals surface area contributed by atoms with E-state index in [4.69, 9.17) is 5.73 Å². The Morgan fingerprint density at radius 1 is 1.22 bits per heavy atom.